The average molecular weight is 356 g/mol. The largest absolute Gasteiger partial charge is 0.356 e. The van der Waals surface area contributed by atoms with Gasteiger partial charge in [0.15, 0.2) is 0 Å². The van der Waals surface area contributed by atoms with Crippen molar-refractivity contribution in [3.8, 4) is 0 Å². The molecule has 1 aromatic heterocycles. The number of nitrogens with one attached hydrogen (secondary N) is 1. The van der Waals surface area contributed by atoms with E-state index in [1.165, 1.54) is 4.31 Å². The first-order valence-corrected chi connectivity index (χ1v) is 10.3. The van der Waals surface area contributed by atoms with Crippen LogP contribution in [0.5, 0.6) is 0 Å². The third kappa shape index (κ3) is 5.31. The molecule has 1 unspecified atom stereocenters. The van der Waals surface area contributed by atoms with Crippen LogP contribution in [0, 0.1) is 12.8 Å². The minimum Gasteiger partial charge on any atom is -0.356 e. The lowest BCUT2D eigenvalue weighted by molar-refractivity contribution is -0.126. The molecule has 0 aromatic carbocycles. The van der Waals surface area contributed by atoms with Crippen LogP contribution in [0.1, 0.15) is 38.2 Å². The zero-order valence-corrected chi connectivity index (χ0v) is 15.4. The van der Waals surface area contributed by atoms with Gasteiger partial charge in [-0.05, 0) is 38.2 Å². The molecule has 1 aliphatic heterocycles. The van der Waals surface area contributed by atoms with E-state index in [0.29, 0.717) is 26.1 Å². The number of carbonyl (C=O) groups is 1. The van der Waals surface area contributed by atoms with Crippen molar-refractivity contribution >= 4 is 15.9 Å². The van der Waals surface area contributed by atoms with Crippen LogP contribution in [0.3, 0.4) is 0 Å². The summed E-state index contributed by atoms with van der Waals surface area (Å²) < 4.78 is 27.7. The smallest absolute Gasteiger partial charge is 0.224 e. The molecule has 24 heavy (non-hydrogen) atoms. The van der Waals surface area contributed by atoms with Gasteiger partial charge in [0.05, 0.1) is 17.9 Å². The Bertz CT molecular complexity index is 642. The maximum absolute atomic E-state index is 12.3. The summed E-state index contributed by atoms with van der Waals surface area (Å²) in [6.07, 6.45) is 6.68. The van der Waals surface area contributed by atoms with E-state index in [4.69, 9.17) is 0 Å². The van der Waals surface area contributed by atoms with Crippen molar-refractivity contribution in [1.29, 1.82) is 0 Å². The summed E-state index contributed by atoms with van der Waals surface area (Å²) in [7, 11) is -3.22. The van der Waals surface area contributed by atoms with Crippen molar-refractivity contribution < 1.29 is 13.2 Å². The van der Waals surface area contributed by atoms with Crippen molar-refractivity contribution in [3.63, 3.8) is 0 Å². The lowest BCUT2D eigenvalue weighted by Crippen LogP contribution is -2.46. The number of piperidine rings is 1. The molecule has 8 heteroatoms. The molecule has 0 spiro atoms. The van der Waals surface area contributed by atoms with Gasteiger partial charge in [-0.15, -0.1) is 0 Å². The molecule has 1 aromatic rings. The molecule has 0 radical (unpaired) electrons. The van der Waals surface area contributed by atoms with Crippen LogP contribution in [-0.4, -0.2) is 53.8 Å². The summed E-state index contributed by atoms with van der Waals surface area (Å²) in [6.45, 7) is 6.03. The molecule has 7 nitrogen and oxygen atoms in total. The highest BCUT2D eigenvalue weighted by molar-refractivity contribution is 7.89. The van der Waals surface area contributed by atoms with Crippen molar-refractivity contribution in [2.24, 2.45) is 5.92 Å². The Hall–Kier alpha value is -1.41. The minimum atomic E-state index is -3.22. The van der Waals surface area contributed by atoms with E-state index in [9.17, 15) is 13.2 Å². The van der Waals surface area contributed by atoms with Crippen molar-refractivity contribution in [1.82, 2.24) is 19.4 Å². The molecular formula is C16H28N4O3S. The third-order valence-electron chi connectivity index (χ3n) is 4.24. The highest BCUT2D eigenvalue weighted by Crippen LogP contribution is 2.20. The molecule has 2 heterocycles. The maximum Gasteiger partial charge on any atom is 0.224 e. The fourth-order valence-corrected chi connectivity index (χ4v) is 4.57. The van der Waals surface area contributed by atoms with E-state index in [0.717, 1.165) is 31.4 Å². The standard InChI is InChI=1S/C16H28N4O3S/c1-3-10-24(22,23)20-9-4-6-15(13-20)16(21)17-7-5-8-19-12-14(2)11-18-19/h11-12,15H,3-10,13H2,1-2H3,(H,17,21). The Morgan fingerprint density at radius 1 is 1.46 bits per heavy atom. The van der Waals surface area contributed by atoms with Crippen molar-refractivity contribution in [3.05, 3.63) is 18.0 Å². The number of aromatic nitrogens is 2. The van der Waals surface area contributed by atoms with Crippen LogP contribution in [-0.2, 0) is 21.4 Å². The predicted octanol–water partition coefficient (Wildman–Crippen LogP) is 1.15. The van der Waals surface area contributed by atoms with E-state index in [1.54, 1.807) is 0 Å². The number of carbonyl (C=O) groups excluding carboxylic acids is 1. The van der Waals surface area contributed by atoms with Crippen molar-refractivity contribution in [2.75, 3.05) is 25.4 Å². The normalized spacial score (nSPS) is 19.3. The minimum absolute atomic E-state index is 0.0388. The second-order valence-electron chi connectivity index (χ2n) is 6.44. The zero-order valence-electron chi connectivity index (χ0n) is 14.6. The number of sulfonamides is 1. The molecule has 1 atom stereocenters. The van der Waals surface area contributed by atoms with Crippen LogP contribution >= 0.6 is 0 Å². The molecule has 0 saturated carbocycles. The van der Waals surface area contributed by atoms with Crippen molar-refractivity contribution in [2.45, 2.75) is 46.1 Å². The summed E-state index contributed by atoms with van der Waals surface area (Å²) in [5.41, 5.74) is 1.12. The molecule has 0 aliphatic carbocycles. The van der Waals surface area contributed by atoms with Crippen LogP contribution in [0.25, 0.3) is 0 Å². The Morgan fingerprint density at radius 2 is 2.25 bits per heavy atom. The molecule has 1 amide bonds. The first-order chi connectivity index (χ1) is 11.4. The number of hydrogen-bond donors (Lipinski definition) is 1. The molecule has 1 aliphatic rings. The zero-order chi connectivity index (χ0) is 17.6. The number of rotatable bonds is 8. The maximum atomic E-state index is 12.3. The molecule has 136 valence electrons. The van der Waals surface area contributed by atoms with Crippen LogP contribution in [0.15, 0.2) is 12.4 Å². The number of aryl methyl sites for hydroxylation is 2. The van der Waals surface area contributed by atoms with Crippen LogP contribution in [0.4, 0.5) is 0 Å². The van der Waals surface area contributed by atoms with Gasteiger partial charge in [0.2, 0.25) is 15.9 Å². The van der Waals surface area contributed by atoms with Gasteiger partial charge in [-0.1, -0.05) is 6.92 Å². The predicted molar refractivity (Wildman–Crippen MR) is 93.0 cm³/mol. The molecule has 1 fully saturated rings. The summed E-state index contributed by atoms with van der Waals surface area (Å²) in [6, 6.07) is 0. The van der Waals surface area contributed by atoms with Gasteiger partial charge in [-0.25, -0.2) is 12.7 Å². The summed E-state index contributed by atoms with van der Waals surface area (Å²) in [5.74, 6) is -0.120. The van der Waals surface area contributed by atoms with E-state index in [2.05, 4.69) is 10.4 Å². The second-order valence-corrected chi connectivity index (χ2v) is 8.53. The molecule has 1 N–H and O–H groups in total. The number of nitrogens with zero attached hydrogens (tertiary/aromatic N) is 3. The first kappa shape index (κ1) is 18.9. The van der Waals surface area contributed by atoms with Gasteiger partial charge < -0.3 is 5.32 Å². The van der Waals surface area contributed by atoms with Crippen LogP contribution < -0.4 is 5.32 Å². The Labute approximate surface area is 144 Å². The van der Waals surface area contributed by atoms with Gasteiger partial charge >= 0.3 is 0 Å². The number of hydrogen-bond acceptors (Lipinski definition) is 4. The van der Waals surface area contributed by atoms with Gasteiger partial charge in [-0.3, -0.25) is 9.48 Å². The Kier molecular flexibility index (Phi) is 6.79. The Balaban J connectivity index is 1.75. The number of amides is 1. The van der Waals surface area contributed by atoms with Gasteiger partial charge in [0, 0.05) is 32.4 Å². The fourth-order valence-electron chi connectivity index (χ4n) is 2.98. The monoisotopic (exact) mass is 356 g/mol. The lowest BCUT2D eigenvalue weighted by atomic mass is 9.99. The SMILES string of the molecule is CCCS(=O)(=O)N1CCCC(C(=O)NCCCn2cc(C)cn2)C1. The average Bonchev–Trinajstić information content (AvgIpc) is 2.97. The Morgan fingerprint density at radius 3 is 2.92 bits per heavy atom. The van der Waals surface area contributed by atoms with Crippen LogP contribution in [0.2, 0.25) is 0 Å². The van der Waals surface area contributed by atoms with Gasteiger partial charge in [0.25, 0.3) is 0 Å². The summed E-state index contributed by atoms with van der Waals surface area (Å²) >= 11 is 0. The van der Waals surface area contributed by atoms with E-state index < -0.39 is 10.0 Å². The topological polar surface area (TPSA) is 84.3 Å². The third-order valence-corrected chi connectivity index (χ3v) is 6.28. The molecule has 0 bridgehead atoms. The first-order valence-electron chi connectivity index (χ1n) is 8.67. The van der Waals surface area contributed by atoms with E-state index in [-0.39, 0.29) is 17.6 Å². The summed E-state index contributed by atoms with van der Waals surface area (Å²) in [4.78, 5) is 12.3. The second kappa shape index (κ2) is 8.62. The van der Waals surface area contributed by atoms with Gasteiger partial charge in [0.1, 0.15) is 0 Å². The highest BCUT2D eigenvalue weighted by Gasteiger charge is 2.31. The van der Waals surface area contributed by atoms with E-state index in [1.807, 2.05) is 30.9 Å². The molecule has 1 saturated heterocycles. The highest BCUT2D eigenvalue weighted by atomic mass is 32.2. The molecule has 2 rings (SSSR count). The summed E-state index contributed by atoms with van der Waals surface area (Å²) in [5, 5.41) is 7.14. The lowest BCUT2D eigenvalue weighted by Gasteiger charge is -2.31. The van der Waals surface area contributed by atoms with E-state index >= 15 is 0 Å². The molecular weight excluding hydrogens is 328 g/mol. The van der Waals surface area contributed by atoms with Gasteiger partial charge in [-0.2, -0.15) is 5.10 Å². The fraction of sp³-hybridized carbons (Fsp3) is 0.750. The quantitative estimate of drug-likeness (QED) is 0.708.